The van der Waals surface area contributed by atoms with Crippen molar-refractivity contribution in [3.63, 3.8) is 0 Å². The van der Waals surface area contributed by atoms with Gasteiger partial charge < -0.3 is 9.84 Å². The van der Waals surface area contributed by atoms with Crippen LogP contribution in [-0.2, 0) is 4.74 Å². The Morgan fingerprint density at radius 2 is 1.92 bits per heavy atom. The second-order valence-corrected chi connectivity index (χ2v) is 3.62. The number of methoxy groups -OCH3 is 1. The van der Waals surface area contributed by atoms with E-state index in [-0.39, 0.29) is 6.10 Å². The molecule has 1 rings (SSSR count). The Bertz CT molecular complexity index is 106. The van der Waals surface area contributed by atoms with Gasteiger partial charge in [0.1, 0.15) is 0 Å². The van der Waals surface area contributed by atoms with E-state index in [2.05, 4.69) is 6.92 Å². The molecular formula is C10H22O2. The lowest BCUT2D eigenvalue weighted by Crippen LogP contribution is -2.39. The van der Waals surface area contributed by atoms with Crippen molar-refractivity contribution in [2.24, 2.45) is 5.41 Å². The highest BCUT2D eigenvalue weighted by Crippen LogP contribution is 2.43. The van der Waals surface area contributed by atoms with Crippen molar-refractivity contribution in [2.45, 2.75) is 46.1 Å². The average Bonchev–Trinajstić information content (AvgIpc) is 2.02. The van der Waals surface area contributed by atoms with Crippen molar-refractivity contribution < 1.29 is 9.84 Å². The van der Waals surface area contributed by atoms with E-state index in [1.807, 2.05) is 13.8 Å². The van der Waals surface area contributed by atoms with Crippen LogP contribution in [0.1, 0.15) is 40.0 Å². The third-order valence-electron chi connectivity index (χ3n) is 2.37. The van der Waals surface area contributed by atoms with Gasteiger partial charge in [-0.15, -0.1) is 0 Å². The third kappa shape index (κ3) is 3.55. The summed E-state index contributed by atoms with van der Waals surface area (Å²) in [6.45, 7) is 7.03. The summed E-state index contributed by atoms with van der Waals surface area (Å²) in [6.07, 6.45) is 2.95. The Hall–Kier alpha value is -0.0800. The molecule has 0 saturated heterocycles. The lowest BCUT2D eigenvalue weighted by molar-refractivity contribution is -0.0363. The normalized spacial score (nSPS) is 33.2. The highest BCUT2D eigenvalue weighted by molar-refractivity contribution is 4.89. The molecule has 0 amide bonds. The Morgan fingerprint density at radius 3 is 2.25 bits per heavy atom. The first kappa shape index (κ1) is 11.9. The fraction of sp³-hybridized carbons (Fsp3) is 1.00. The van der Waals surface area contributed by atoms with E-state index in [1.54, 1.807) is 7.11 Å². The fourth-order valence-electron chi connectivity index (χ4n) is 1.63. The molecule has 0 bridgehead atoms. The number of aliphatic hydroxyl groups is 1. The largest absolute Gasteiger partial charge is 0.393 e. The number of hydrogen-bond donors (Lipinski definition) is 1. The summed E-state index contributed by atoms with van der Waals surface area (Å²) in [5, 5.41) is 9.04. The van der Waals surface area contributed by atoms with E-state index >= 15 is 0 Å². The molecule has 2 nitrogen and oxygen atoms in total. The first-order valence-electron chi connectivity index (χ1n) is 4.83. The van der Waals surface area contributed by atoms with Gasteiger partial charge in [-0.3, -0.25) is 0 Å². The van der Waals surface area contributed by atoms with E-state index in [1.165, 1.54) is 0 Å². The van der Waals surface area contributed by atoms with Crippen LogP contribution in [-0.4, -0.2) is 24.9 Å². The molecule has 1 fully saturated rings. The van der Waals surface area contributed by atoms with Crippen LogP contribution >= 0.6 is 0 Å². The summed E-state index contributed by atoms with van der Waals surface area (Å²) in [6, 6.07) is 0. The summed E-state index contributed by atoms with van der Waals surface area (Å²) in [5.41, 5.74) is 0.370. The van der Waals surface area contributed by atoms with Crippen LogP contribution in [0.4, 0.5) is 0 Å². The summed E-state index contributed by atoms with van der Waals surface area (Å²) in [4.78, 5) is 0. The van der Waals surface area contributed by atoms with E-state index < -0.39 is 0 Å². The Morgan fingerprint density at radius 1 is 1.42 bits per heavy atom. The predicted molar refractivity (Wildman–Crippen MR) is 51.2 cm³/mol. The van der Waals surface area contributed by atoms with Gasteiger partial charge in [0.2, 0.25) is 0 Å². The molecule has 1 saturated carbocycles. The Balaban J connectivity index is 0.000000561. The van der Waals surface area contributed by atoms with Crippen LogP contribution in [0.5, 0.6) is 0 Å². The molecular weight excluding hydrogens is 152 g/mol. The minimum Gasteiger partial charge on any atom is -0.393 e. The van der Waals surface area contributed by atoms with Gasteiger partial charge in [-0.25, -0.2) is 0 Å². The maximum absolute atomic E-state index is 9.04. The summed E-state index contributed by atoms with van der Waals surface area (Å²) >= 11 is 0. The molecule has 1 N–H and O–H groups in total. The third-order valence-corrected chi connectivity index (χ3v) is 2.37. The molecule has 0 radical (unpaired) electrons. The minimum atomic E-state index is -0.0399. The molecule has 0 aromatic carbocycles. The SMILES string of the molecule is CC.COCCC1(C)CC(O)C1. The molecule has 0 heterocycles. The van der Waals surface area contributed by atoms with Crippen LogP contribution in [0.2, 0.25) is 0 Å². The van der Waals surface area contributed by atoms with E-state index in [0.29, 0.717) is 5.41 Å². The molecule has 12 heavy (non-hydrogen) atoms. The maximum atomic E-state index is 9.04. The molecule has 1 aliphatic carbocycles. The zero-order valence-corrected chi connectivity index (χ0v) is 8.76. The molecule has 0 aromatic rings. The Kier molecular flexibility index (Phi) is 5.51. The van der Waals surface area contributed by atoms with Gasteiger partial charge >= 0.3 is 0 Å². The van der Waals surface area contributed by atoms with Gasteiger partial charge in [-0.05, 0) is 24.7 Å². The van der Waals surface area contributed by atoms with E-state index in [0.717, 1.165) is 25.9 Å². The van der Waals surface area contributed by atoms with Gasteiger partial charge in [0, 0.05) is 13.7 Å². The van der Waals surface area contributed by atoms with Gasteiger partial charge in [-0.1, -0.05) is 20.8 Å². The summed E-state index contributed by atoms with van der Waals surface area (Å²) in [7, 11) is 1.72. The molecule has 0 atom stereocenters. The lowest BCUT2D eigenvalue weighted by atomic mass is 9.66. The summed E-state index contributed by atoms with van der Waals surface area (Å²) in [5.74, 6) is 0. The molecule has 2 heteroatoms. The van der Waals surface area contributed by atoms with Gasteiger partial charge in [-0.2, -0.15) is 0 Å². The monoisotopic (exact) mass is 174 g/mol. The lowest BCUT2D eigenvalue weighted by Gasteiger charge is -2.42. The number of hydrogen-bond acceptors (Lipinski definition) is 2. The van der Waals surface area contributed by atoms with Gasteiger partial charge in [0.25, 0.3) is 0 Å². The van der Waals surface area contributed by atoms with Crippen LogP contribution in [0, 0.1) is 5.41 Å². The zero-order valence-electron chi connectivity index (χ0n) is 8.76. The first-order valence-corrected chi connectivity index (χ1v) is 4.83. The topological polar surface area (TPSA) is 29.5 Å². The van der Waals surface area contributed by atoms with Crippen molar-refractivity contribution in [1.82, 2.24) is 0 Å². The van der Waals surface area contributed by atoms with Crippen molar-refractivity contribution in [2.75, 3.05) is 13.7 Å². The number of ether oxygens (including phenoxy) is 1. The average molecular weight is 174 g/mol. The molecule has 74 valence electrons. The summed E-state index contributed by atoms with van der Waals surface area (Å²) < 4.78 is 4.97. The molecule has 0 unspecified atom stereocenters. The van der Waals surface area contributed by atoms with Crippen LogP contribution in [0.25, 0.3) is 0 Å². The maximum Gasteiger partial charge on any atom is 0.0550 e. The second kappa shape index (κ2) is 5.55. The standard InChI is InChI=1S/C8H16O2.C2H6/c1-8(3-4-10-2)5-7(9)6-8;1-2/h7,9H,3-6H2,1-2H3;1-2H3. The van der Waals surface area contributed by atoms with Crippen molar-refractivity contribution >= 4 is 0 Å². The van der Waals surface area contributed by atoms with E-state index in [4.69, 9.17) is 9.84 Å². The Labute approximate surface area is 75.9 Å². The fourth-order valence-corrected chi connectivity index (χ4v) is 1.63. The van der Waals surface area contributed by atoms with Crippen LogP contribution in [0.3, 0.4) is 0 Å². The molecule has 0 aromatic heterocycles. The van der Waals surface area contributed by atoms with Crippen molar-refractivity contribution in [1.29, 1.82) is 0 Å². The highest BCUT2D eigenvalue weighted by atomic mass is 16.5. The van der Waals surface area contributed by atoms with Crippen molar-refractivity contribution in [3.8, 4) is 0 Å². The minimum absolute atomic E-state index is 0.0399. The molecule has 0 aliphatic heterocycles. The first-order chi connectivity index (χ1) is 5.66. The van der Waals surface area contributed by atoms with Crippen molar-refractivity contribution in [3.05, 3.63) is 0 Å². The number of aliphatic hydroxyl groups excluding tert-OH is 1. The smallest absolute Gasteiger partial charge is 0.0550 e. The molecule has 1 aliphatic rings. The molecule has 0 spiro atoms. The predicted octanol–water partition coefficient (Wildman–Crippen LogP) is 2.21. The van der Waals surface area contributed by atoms with Gasteiger partial charge in [0.05, 0.1) is 6.10 Å². The highest BCUT2D eigenvalue weighted by Gasteiger charge is 2.38. The van der Waals surface area contributed by atoms with Crippen LogP contribution < -0.4 is 0 Å². The van der Waals surface area contributed by atoms with Gasteiger partial charge in [0.15, 0.2) is 0 Å². The second-order valence-electron chi connectivity index (χ2n) is 3.62. The van der Waals surface area contributed by atoms with Crippen LogP contribution in [0.15, 0.2) is 0 Å². The number of rotatable bonds is 3. The quantitative estimate of drug-likeness (QED) is 0.711. The zero-order chi connectivity index (χ0) is 9.61. The van der Waals surface area contributed by atoms with E-state index in [9.17, 15) is 0 Å².